The van der Waals surface area contributed by atoms with E-state index in [0.29, 0.717) is 18.6 Å². The minimum atomic E-state index is -2.74. The zero-order chi connectivity index (χ0) is 28.4. The van der Waals surface area contributed by atoms with Gasteiger partial charge in [-0.1, -0.05) is 43.2 Å². The molecular formula is C28H37N3O8. The third-order valence-corrected chi connectivity index (χ3v) is 7.48. The molecule has 2 aliphatic rings. The zero-order valence-electron chi connectivity index (χ0n) is 22.0. The highest BCUT2D eigenvalue weighted by molar-refractivity contribution is 5.88. The second-order valence-corrected chi connectivity index (χ2v) is 10.2. The van der Waals surface area contributed by atoms with Gasteiger partial charge in [-0.3, -0.25) is 9.59 Å². The van der Waals surface area contributed by atoms with E-state index in [1.165, 1.54) is 31.2 Å². The van der Waals surface area contributed by atoms with Gasteiger partial charge in [0.25, 0.3) is 0 Å². The summed E-state index contributed by atoms with van der Waals surface area (Å²) in [4.78, 5) is 39.4. The zero-order valence-corrected chi connectivity index (χ0v) is 22.0. The predicted octanol–water partition coefficient (Wildman–Crippen LogP) is 2.48. The number of aliphatic hydroxyl groups is 1. The fraction of sp³-hybridized carbons (Fsp3) is 0.536. The van der Waals surface area contributed by atoms with Crippen molar-refractivity contribution in [3.63, 3.8) is 0 Å². The molecule has 2 aliphatic carbocycles. The molecule has 4 atom stereocenters. The van der Waals surface area contributed by atoms with Crippen molar-refractivity contribution in [3.05, 3.63) is 59.7 Å². The summed E-state index contributed by atoms with van der Waals surface area (Å²) in [6.45, 7) is 1.52. The topological polar surface area (TPSA) is 179 Å². The fourth-order valence-electron chi connectivity index (χ4n) is 5.62. The maximum Gasteiger partial charge on any atom is 0.336 e. The lowest BCUT2D eigenvalue weighted by atomic mass is 9.53. The van der Waals surface area contributed by atoms with Gasteiger partial charge in [0.15, 0.2) is 5.60 Å². The number of carbonyl (C=O) groups is 3. The molecule has 1 aromatic carbocycles. The number of rotatable bonds is 12. The van der Waals surface area contributed by atoms with Gasteiger partial charge in [0.1, 0.15) is 5.82 Å². The number of benzene rings is 1. The Morgan fingerprint density at radius 1 is 0.974 bits per heavy atom. The molecule has 2 fully saturated rings. The molecule has 0 bridgehead atoms. The summed E-state index contributed by atoms with van der Waals surface area (Å²) in [6.07, 6.45) is 7.94. The van der Waals surface area contributed by atoms with Crippen LogP contribution < -0.4 is 5.32 Å². The van der Waals surface area contributed by atoms with Crippen LogP contribution in [0.25, 0.3) is 0 Å². The van der Waals surface area contributed by atoms with Gasteiger partial charge in [-0.25, -0.2) is 14.8 Å². The molecule has 0 spiro atoms. The number of methoxy groups -OCH3 is 1. The Hall–Kier alpha value is -3.41. The summed E-state index contributed by atoms with van der Waals surface area (Å²) in [5.74, 6) is -1.82. The Morgan fingerprint density at radius 2 is 1.56 bits per heavy atom. The number of aliphatic carboxylic acids is 3. The van der Waals surface area contributed by atoms with Gasteiger partial charge in [-0.15, -0.1) is 0 Å². The van der Waals surface area contributed by atoms with Crippen LogP contribution in [0.15, 0.2) is 42.7 Å². The number of carboxylic acids is 3. The number of ether oxygens (including phenoxy) is 1. The maximum absolute atomic E-state index is 10.3. The second-order valence-electron chi connectivity index (χ2n) is 10.2. The van der Waals surface area contributed by atoms with Gasteiger partial charge in [0, 0.05) is 50.0 Å². The van der Waals surface area contributed by atoms with Crippen LogP contribution in [0.3, 0.4) is 0 Å². The number of carboxylic acid groups (broad SMARTS) is 3. The number of hydrogen-bond donors (Lipinski definition) is 5. The van der Waals surface area contributed by atoms with Crippen molar-refractivity contribution in [3.8, 4) is 0 Å². The van der Waals surface area contributed by atoms with Crippen LogP contribution in [0.4, 0.5) is 0 Å². The molecule has 2 saturated carbocycles. The Morgan fingerprint density at radius 3 is 2.10 bits per heavy atom. The summed E-state index contributed by atoms with van der Waals surface area (Å²) in [7, 11) is 1.71. The Balaban J connectivity index is 0.000000276. The SMILES string of the molecule is COCCc1ncc(CN[C@@H]2C3CCCCC3[C@H]2c2ccccc2)cn1.O=C(O)CC(O)(CC(=O)O)C(=O)O. The summed E-state index contributed by atoms with van der Waals surface area (Å²) < 4.78 is 5.09. The molecule has 11 heteroatoms. The molecule has 2 unspecified atom stereocenters. The molecule has 1 aromatic heterocycles. The molecule has 0 saturated heterocycles. The molecule has 39 heavy (non-hydrogen) atoms. The van der Waals surface area contributed by atoms with Gasteiger partial charge in [0.05, 0.1) is 19.4 Å². The third kappa shape index (κ3) is 8.29. The molecule has 0 aliphatic heterocycles. The third-order valence-electron chi connectivity index (χ3n) is 7.48. The van der Waals surface area contributed by atoms with E-state index in [4.69, 9.17) is 25.2 Å². The number of fused-ring (bicyclic) bond motifs is 1. The van der Waals surface area contributed by atoms with Crippen molar-refractivity contribution in [1.29, 1.82) is 0 Å². The summed E-state index contributed by atoms with van der Waals surface area (Å²) >= 11 is 0. The van der Waals surface area contributed by atoms with Crippen LogP contribution in [0.2, 0.25) is 0 Å². The summed E-state index contributed by atoms with van der Waals surface area (Å²) in [6, 6.07) is 11.7. The van der Waals surface area contributed by atoms with E-state index < -0.39 is 36.4 Å². The first-order valence-corrected chi connectivity index (χ1v) is 13.1. The first-order valence-electron chi connectivity index (χ1n) is 13.1. The fourth-order valence-corrected chi connectivity index (χ4v) is 5.62. The van der Waals surface area contributed by atoms with E-state index in [9.17, 15) is 14.4 Å². The molecule has 5 N–H and O–H groups in total. The van der Waals surface area contributed by atoms with E-state index in [1.54, 1.807) is 7.11 Å². The molecule has 212 valence electrons. The lowest BCUT2D eigenvalue weighted by Crippen LogP contribution is -2.57. The predicted molar refractivity (Wildman–Crippen MR) is 140 cm³/mol. The minimum Gasteiger partial charge on any atom is -0.481 e. The summed E-state index contributed by atoms with van der Waals surface area (Å²) in [5, 5.41) is 37.7. The smallest absolute Gasteiger partial charge is 0.336 e. The standard InChI is InChI=1S/C22H29N3O.C6H8O7/c1-26-12-11-20-23-13-16(14-24-20)15-25-22-19-10-6-5-9-18(19)21(22)17-7-3-2-4-8-17;7-3(8)1-6(13,5(11)12)2-4(9)10/h2-4,7-8,13-14,18-19,21-22,25H,5-6,9-12,15H2,1H3;13H,1-2H2,(H,7,8)(H,9,10)(H,11,12)/t18?,19?,21-,22-;/m1./s1. The number of nitrogens with one attached hydrogen (secondary N) is 1. The van der Waals surface area contributed by atoms with Crippen LogP contribution in [0, 0.1) is 11.8 Å². The van der Waals surface area contributed by atoms with E-state index in [1.807, 2.05) is 12.4 Å². The monoisotopic (exact) mass is 543 g/mol. The molecule has 1 heterocycles. The van der Waals surface area contributed by atoms with Gasteiger partial charge >= 0.3 is 17.9 Å². The molecule has 0 radical (unpaired) electrons. The van der Waals surface area contributed by atoms with Gasteiger partial charge < -0.3 is 30.5 Å². The first-order chi connectivity index (χ1) is 18.6. The van der Waals surface area contributed by atoms with Crippen LogP contribution in [-0.4, -0.2) is 73.7 Å². The van der Waals surface area contributed by atoms with Gasteiger partial charge in [-0.2, -0.15) is 0 Å². The van der Waals surface area contributed by atoms with Crippen molar-refractivity contribution in [2.24, 2.45) is 11.8 Å². The van der Waals surface area contributed by atoms with E-state index in [2.05, 4.69) is 45.6 Å². The quantitative estimate of drug-likeness (QED) is 0.265. The Bertz CT molecular complexity index is 1080. The van der Waals surface area contributed by atoms with Gasteiger partial charge in [-0.05, 0) is 30.2 Å². The molecule has 0 amide bonds. The largest absolute Gasteiger partial charge is 0.481 e. The van der Waals surface area contributed by atoms with Crippen molar-refractivity contribution in [1.82, 2.24) is 15.3 Å². The van der Waals surface area contributed by atoms with E-state index in [-0.39, 0.29) is 0 Å². The summed E-state index contributed by atoms with van der Waals surface area (Å²) in [5.41, 5.74) is -0.0750. The highest BCUT2D eigenvalue weighted by atomic mass is 16.5. The van der Waals surface area contributed by atoms with Gasteiger partial charge in [0.2, 0.25) is 0 Å². The molecular weight excluding hydrogens is 506 g/mol. The van der Waals surface area contributed by atoms with E-state index >= 15 is 0 Å². The number of hydrogen-bond acceptors (Lipinski definition) is 8. The highest BCUT2D eigenvalue weighted by Crippen LogP contribution is 2.54. The molecule has 11 nitrogen and oxygen atoms in total. The molecule has 2 aromatic rings. The van der Waals surface area contributed by atoms with E-state index in [0.717, 1.165) is 36.2 Å². The second kappa shape index (κ2) is 14.1. The van der Waals surface area contributed by atoms with Crippen LogP contribution in [0.5, 0.6) is 0 Å². The first kappa shape index (κ1) is 30.1. The van der Waals surface area contributed by atoms with Crippen LogP contribution >= 0.6 is 0 Å². The normalized spacial score (nSPS) is 22.0. The average molecular weight is 544 g/mol. The van der Waals surface area contributed by atoms with Crippen molar-refractivity contribution in [2.75, 3.05) is 13.7 Å². The lowest BCUT2D eigenvalue weighted by molar-refractivity contribution is -0.170. The average Bonchev–Trinajstić information content (AvgIpc) is 2.89. The Labute approximate surface area is 227 Å². The number of aromatic nitrogens is 2. The van der Waals surface area contributed by atoms with Crippen LogP contribution in [-0.2, 0) is 32.1 Å². The van der Waals surface area contributed by atoms with Crippen molar-refractivity contribution < 1.29 is 39.5 Å². The lowest BCUT2D eigenvalue weighted by Gasteiger charge is -2.55. The Kier molecular flexibility index (Phi) is 10.9. The van der Waals surface area contributed by atoms with Crippen molar-refractivity contribution >= 4 is 17.9 Å². The van der Waals surface area contributed by atoms with Crippen LogP contribution in [0.1, 0.15) is 61.4 Å². The minimum absolute atomic E-state index is 0.580. The maximum atomic E-state index is 10.3. The highest BCUT2D eigenvalue weighted by Gasteiger charge is 2.50. The molecule has 4 rings (SSSR count). The number of nitrogens with zero attached hydrogens (tertiary/aromatic N) is 2. The van der Waals surface area contributed by atoms with Crippen molar-refractivity contribution in [2.45, 2.75) is 69.1 Å².